The van der Waals surface area contributed by atoms with Crippen LogP contribution < -0.4 is 5.32 Å². The number of anilines is 1. The standard InChI is InChI=1S/C13H15N3O3/c1-3-18-13(17)10-4-5-12(14-7-10)15-8-11-6-9(2)19-16-11/h4-7H,3,8H2,1-2H3,(H,14,15). The van der Waals surface area contributed by atoms with E-state index in [1.165, 1.54) is 6.20 Å². The maximum absolute atomic E-state index is 11.4. The first-order chi connectivity index (χ1) is 9.19. The number of rotatable bonds is 5. The Labute approximate surface area is 110 Å². The fourth-order valence-electron chi connectivity index (χ4n) is 1.52. The fourth-order valence-corrected chi connectivity index (χ4v) is 1.52. The molecule has 2 heterocycles. The van der Waals surface area contributed by atoms with Gasteiger partial charge in [-0.05, 0) is 26.0 Å². The van der Waals surface area contributed by atoms with Gasteiger partial charge in [0.25, 0.3) is 0 Å². The highest BCUT2D eigenvalue weighted by Gasteiger charge is 2.06. The summed E-state index contributed by atoms with van der Waals surface area (Å²) in [5.41, 5.74) is 1.23. The zero-order valence-corrected chi connectivity index (χ0v) is 10.8. The minimum absolute atomic E-state index is 0.352. The lowest BCUT2D eigenvalue weighted by Crippen LogP contribution is -2.06. The maximum Gasteiger partial charge on any atom is 0.339 e. The van der Waals surface area contributed by atoms with E-state index in [0.29, 0.717) is 24.5 Å². The highest BCUT2D eigenvalue weighted by Crippen LogP contribution is 2.09. The summed E-state index contributed by atoms with van der Waals surface area (Å²) in [7, 11) is 0. The molecule has 0 fully saturated rings. The Morgan fingerprint density at radius 3 is 2.89 bits per heavy atom. The molecule has 2 rings (SSSR count). The lowest BCUT2D eigenvalue weighted by atomic mass is 10.3. The number of esters is 1. The van der Waals surface area contributed by atoms with Crippen LogP contribution in [0.1, 0.15) is 28.7 Å². The number of nitrogens with zero attached hydrogens (tertiary/aromatic N) is 2. The Morgan fingerprint density at radius 1 is 1.47 bits per heavy atom. The zero-order chi connectivity index (χ0) is 13.7. The largest absolute Gasteiger partial charge is 0.462 e. The van der Waals surface area contributed by atoms with Gasteiger partial charge in [-0.25, -0.2) is 9.78 Å². The highest BCUT2D eigenvalue weighted by molar-refractivity contribution is 5.89. The van der Waals surface area contributed by atoms with Crippen molar-refractivity contribution in [1.82, 2.24) is 10.1 Å². The summed E-state index contributed by atoms with van der Waals surface area (Å²) in [6.45, 7) is 4.47. The molecule has 0 amide bonds. The average Bonchev–Trinajstić information content (AvgIpc) is 2.83. The first-order valence-corrected chi connectivity index (χ1v) is 5.98. The molecule has 100 valence electrons. The van der Waals surface area contributed by atoms with Crippen LogP contribution in [0.15, 0.2) is 28.9 Å². The number of nitrogens with one attached hydrogen (secondary N) is 1. The van der Waals surface area contributed by atoms with E-state index in [2.05, 4.69) is 15.5 Å². The summed E-state index contributed by atoms with van der Waals surface area (Å²) in [6, 6.07) is 5.24. The van der Waals surface area contributed by atoms with Crippen molar-refractivity contribution in [2.75, 3.05) is 11.9 Å². The van der Waals surface area contributed by atoms with E-state index in [-0.39, 0.29) is 5.97 Å². The van der Waals surface area contributed by atoms with E-state index in [4.69, 9.17) is 9.26 Å². The van der Waals surface area contributed by atoms with Crippen molar-refractivity contribution in [3.63, 3.8) is 0 Å². The van der Waals surface area contributed by atoms with Crippen molar-refractivity contribution in [2.45, 2.75) is 20.4 Å². The SMILES string of the molecule is CCOC(=O)c1ccc(NCc2cc(C)on2)nc1. The van der Waals surface area contributed by atoms with Crippen LogP contribution in [-0.4, -0.2) is 22.7 Å². The van der Waals surface area contributed by atoms with Crippen LogP contribution in [0.4, 0.5) is 5.82 Å². The summed E-state index contributed by atoms with van der Waals surface area (Å²) >= 11 is 0. The summed E-state index contributed by atoms with van der Waals surface area (Å²) in [5, 5.41) is 6.95. The second-order valence-electron chi connectivity index (χ2n) is 3.94. The van der Waals surface area contributed by atoms with Gasteiger partial charge in [0.1, 0.15) is 17.3 Å². The average molecular weight is 261 g/mol. The van der Waals surface area contributed by atoms with E-state index in [9.17, 15) is 4.79 Å². The van der Waals surface area contributed by atoms with Crippen LogP contribution in [0, 0.1) is 6.92 Å². The Balaban J connectivity index is 1.93. The third kappa shape index (κ3) is 3.54. The molecule has 6 heteroatoms. The van der Waals surface area contributed by atoms with Crippen LogP contribution >= 0.6 is 0 Å². The van der Waals surface area contributed by atoms with Gasteiger partial charge in [0.15, 0.2) is 0 Å². The van der Waals surface area contributed by atoms with Gasteiger partial charge in [-0.2, -0.15) is 0 Å². The Hall–Kier alpha value is -2.37. The summed E-state index contributed by atoms with van der Waals surface area (Å²) in [5.74, 6) is 1.06. The second kappa shape index (κ2) is 5.99. The van der Waals surface area contributed by atoms with Gasteiger partial charge in [-0.3, -0.25) is 0 Å². The van der Waals surface area contributed by atoms with Crippen LogP contribution in [0.5, 0.6) is 0 Å². The number of aromatic nitrogens is 2. The van der Waals surface area contributed by atoms with Gasteiger partial charge in [-0.15, -0.1) is 0 Å². The summed E-state index contributed by atoms with van der Waals surface area (Å²) < 4.78 is 9.84. The first kappa shape index (κ1) is 13.1. The minimum Gasteiger partial charge on any atom is -0.462 e. The maximum atomic E-state index is 11.4. The molecule has 1 N–H and O–H groups in total. The van der Waals surface area contributed by atoms with Crippen LogP contribution in [0.3, 0.4) is 0 Å². The molecule has 0 spiro atoms. The summed E-state index contributed by atoms with van der Waals surface area (Å²) in [6.07, 6.45) is 1.48. The molecule has 0 saturated carbocycles. The topological polar surface area (TPSA) is 77.2 Å². The number of hydrogen-bond donors (Lipinski definition) is 1. The predicted molar refractivity (Wildman–Crippen MR) is 68.8 cm³/mol. The fraction of sp³-hybridized carbons (Fsp3) is 0.308. The second-order valence-corrected chi connectivity index (χ2v) is 3.94. The number of aryl methyl sites for hydroxylation is 1. The number of hydrogen-bond acceptors (Lipinski definition) is 6. The highest BCUT2D eigenvalue weighted by atomic mass is 16.5. The lowest BCUT2D eigenvalue weighted by molar-refractivity contribution is 0.0526. The van der Waals surface area contributed by atoms with Crippen molar-refractivity contribution in [3.8, 4) is 0 Å². The minimum atomic E-state index is -0.367. The van der Waals surface area contributed by atoms with Crippen molar-refractivity contribution >= 4 is 11.8 Å². The van der Waals surface area contributed by atoms with Crippen molar-refractivity contribution in [1.29, 1.82) is 0 Å². The van der Waals surface area contributed by atoms with Crippen LogP contribution in [-0.2, 0) is 11.3 Å². The quantitative estimate of drug-likeness (QED) is 0.831. The van der Waals surface area contributed by atoms with E-state index >= 15 is 0 Å². The lowest BCUT2D eigenvalue weighted by Gasteiger charge is -2.04. The molecule has 0 atom stereocenters. The van der Waals surface area contributed by atoms with E-state index in [1.54, 1.807) is 19.1 Å². The molecule has 19 heavy (non-hydrogen) atoms. The third-order valence-corrected chi connectivity index (χ3v) is 2.40. The van der Waals surface area contributed by atoms with Crippen molar-refractivity contribution in [3.05, 3.63) is 41.4 Å². The van der Waals surface area contributed by atoms with Gasteiger partial charge in [0, 0.05) is 12.3 Å². The number of pyridine rings is 1. The molecule has 0 bridgehead atoms. The van der Waals surface area contributed by atoms with Crippen LogP contribution in [0.2, 0.25) is 0 Å². The Bertz CT molecular complexity index is 549. The molecule has 0 unspecified atom stereocenters. The number of carbonyl (C=O) groups is 1. The first-order valence-electron chi connectivity index (χ1n) is 5.98. The van der Waals surface area contributed by atoms with E-state index in [0.717, 1.165) is 11.5 Å². The Kier molecular flexibility index (Phi) is 4.12. The van der Waals surface area contributed by atoms with Gasteiger partial charge in [0.2, 0.25) is 0 Å². The molecule has 0 saturated heterocycles. The molecular weight excluding hydrogens is 246 g/mol. The molecule has 2 aromatic rings. The Morgan fingerprint density at radius 2 is 2.32 bits per heavy atom. The molecular formula is C13H15N3O3. The predicted octanol–water partition coefficient (Wildman–Crippen LogP) is 2.17. The molecule has 0 aromatic carbocycles. The monoisotopic (exact) mass is 261 g/mol. The number of carbonyl (C=O) groups excluding carboxylic acids is 1. The normalized spacial score (nSPS) is 10.2. The molecule has 6 nitrogen and oxygen atoms in total. The van der Waals surface area contributed by atoms with Crippen LogP contribution in [0.25, 0.3) is 0 Å². The molecule has 2 aromatic heterocycles. The van der Waals surface area contributed by atoms with E-state index < -0.39 is 0 Å². The third-order valence-electron chi connectivity index (χ3n) is 2.40. The zero-order valence-electron chi connectivity index (χ0n) is 10.8. The smallest absolute Gasteiger partial charge is 0.339 e. The molecule has 0 aliphatic carbocycles. The van der Waals surface area contributed by atoms with Gasteiger partial charge in [0.05, 0.1) is 18.7 Å². The van der Waals surface area contributed by atoms with Gasteiger partial charge >= 0.3 is 5.97 Å². The summed E-state index contributed by atoms with van der Waals surface area (Å²) in [4.78, 5) is 15.6. The van der Waals surface area contributed by atoms with Gasteiger partial charge in [-0.1, -0.05) is 5.16 Å². The number of ether oxygens (including phenoxy) is 1. The molecule has 0 aliphatic rings. The van der Waals surface area contributed by atoms with Crippen molar-refractivity contribution < 1.29 is 14.1 Å². The van der Waals surface area contributed by atoms with Gasteiger partial charge < -0.3 is 14.6 Å². The van der Waals surface area contributed by atoms with Crippen molar-refractivity contribution in [2.24, 2.45) is 0 Å². The van der Waals surface area contributed by atoms with E-state index in [1.807, 2.05) is 13.0 Å². The molecule has 0 aliphatic heterocycles. The molecule has 0 radical (unpaired) electrons.